The molecule has 1 aromatic heterocycles. The van der Waals surface area contributed by atoms with Gasteiger partial charge in [-0.15, -0.1) is 11.3 Å². The molecule has 368 valence electrons. The van der Waals surface area contributed by atoms with Crippen LogP contribution in [-0.4, -0.2) is 141 Å². The molecule has 7 atom stereocenters. The monoisotopic (exact) mass is 951 g/mol. The number of hydrogen-bond donors (Lipinski definition) is 7. The van der Waals surface area contributed by atoms with Crippen molar-refractivity contribution in [3.63, 3.8) is 0 Å². The van der Waals surface area contributed by atoms with Gasteiger partial charge in [-0.1, -0.05) is 64.3 Å². The highest BCUT2D eigenvalue weighted by molar-refractivity contribution is 7.13. The van der Waals surface area contributed by atoms with E-state index in [4.69, 9.17) is 11.5 Å². The van der Waals surface area contributed by atoms with E-state index in [0.717, 1.165) is 41.0 Å². The number of nitrogens with zero attached hydrogens (tertiary/aromatic N) is 4. The molecule has 5 rings (SSSR count). The number of rotatable bonds is 20. The lowest BCUT2D eigenvalue weighted by atomic mass is 9.85. The fourth-order valence-corrected chi connectivity index (χ4v) is 9.87. The Balaban J connectivity index is 1.03. The number of β-amino-alcohol motifs (C(OH)–C–C–N with tert-alkyl or cyclic N) is 1. The van der Waals surface area contributed by atoms with Gasteiger partial charge in [0.2, 0.25) is 47.3 Å². The van der Waals surface area contributed by atoms with Gasteiger partial charge in [-0.05, 0) is 62.0 Å². The number of hydrogen-bond acceptors (Lipinski definition) is 12. The summed E-state index contributed by atoms with van der Waals surface area (Å²) in [7, 11) is 0. The number of fused-ring (bicyclic) bond motifs is 1. The second-order valence-corrected chi connectivity index (χ2v) is 20.0. The van der Waals surface area contributed by atoms with Crippen LogP contribution in [0.25, 0.3) is 10.4 Å². The molecular weight excluding hydrogens is 881 g/mol. The second-order valence-electron chi connectivity index (χ2n) is 19.2. The standard InChI is InChI=1S/C47H70N10O9S/c1-28-40(67-27-52-28)31-14-12-30(13-15-31)24-51-43(63)37-23-33(59)25-56(37)46(66)41(47(3,4)5)54-39(61)11-9-7-6-8-10-21-50-42(62)35(17-19-38(49)60)53-44(64)36-18-16-32-20-22-55(29(2)58)26-34(48)45(65)57(32)36/h12-15,27,32-37,41,59H,6-11,16-26,48H2,1-5H3,(H2,49,60)(H,50,62)(H,51,63)(H,53,64)(H,54,61)/t32-,33-,34+,35+,36+,37+,41-/m1/s1. The lowest BCUT2D eigenvalue weighted by Crippen LogP contribution is -2.60. The summed E-state index contributed by atoms with van der Waals surface area (Å²) < 4.78 is 0. The van der Waals surface area contributed by atoms with E-state index in [2.05, 4.69) is 26.3 Å². The molecule has 0 saturated carbocycles. The molecule has 9 N–H and O–H groups in total. The minimum atomic E-state index is -1.06. The largest absolute Gasteiger partial charge is 0.391 e. The van der Waals surface area contributed by atoms with E-state index in [-0.39, 0.29) is 69.1 Å². The van der Waals surface area contributed by atoms with Gasteiger partial charge >= 0.3 is 0 Å². The van der Waals surface area contributed by atoms with E-state index in [1.165, 1.54) is 16.7 Å². The molecule has 2 aromatic rings. The van der Waals surface area contributed by atoms with Gasteiger partial charge in [-0.2, -0.15) is 0 Å². The smallest absolute Gasteiger partial charge is 0.246 e. The average molecular weight is 951 g/mol. The van der Waals surface area contributed by atoms with Crippen LogP contribution < -0.4 is 32.7 Å². The normalized spacial score (nSPS) is 21.7. The van der Waals surface area contributed by atoms with Crippen LogP contribution in [0.5, 0.6) is 0 Å². The Morgan fingerprint density at radius 1 is 0.896 bits per heavy atom. The maximum atomic E-state index is 14.0. The van der Waals surface area contributed by atoms with Crippen molar-refractivity contribution < 1.29 is 43.5 Å². The first-order chi connectivity index (χ1) is 31.7. The molecule has 3 fully saturated rings. The molecule has 3 aliphatic rings. The zero-order valence-electron chi connectivity index (χ0n) is 39.5. The van der Waals surface area contributed by atoms with Crippen molar-refractivity contribution in [2.75, 3.05) is 26.2 Å². The van der Waals surface area contributed by atoms with Crippen molar-refractivity contribution in [1.29, 1.82) is 0 Å². The summed E-state index contributed by atoms with van der Waals surface area (Å²) in [5, 5.41) is 22.0. The molecule has 3 saturated heterocycles. The number of unbranched alkanes of at least 4 members (excludes halogenated alkanes) is 4. The Morgan fingerprint density at radius 2 is 1.60 bits per heavy atom. The molecule has 4 heterocycles. The number of aromatic nitrogens is 1. The number of nitrogens with one attached hydrogen (secondary N) is 4. The lowest BCUT2D eigenvalue weighted by molar-refractivity contribution is -0.144. The van der Waals surface area contributed by atoms with Gasteiger partial charge in [0.1, 0.15) is 30.2 Å². The Morgan fingerprint density at radius 3 is 2.25 bits per heavy atom. The summed E-state index contributed by atoms with van der Waals surface area (Å²) in [5.41, 5.74) is 15.5. The number of carbonyl (C=O) groups excluding carboxylic acids is 8. The summed E-state index contributed by atoms with van der Waals surface area (Å²) in [6, 6.07) is 2.84. The van der Waals surface area contributed by atoms with Crippen LogP contribution in [0, 0.1) is 12.3 Å². The Labute approximate surface area is 396 Å². The van der Waals surface area contributed by atoms with E-state index in [0.29, 0.717) is 45.2 Å². The Kier molecular flexibility index (Phi) is 18.8. The number of amides is 8. The average Bonchev–Trinajstić information content (AvgIpc) is 4.02. The van der Waals surface area contributed by atoms with Crippen LogP contribution in [-0.2, 0) is 44.9 Å². The first-order valence-electron chi connectivity index (χ1n) is 23.5. The predicted molar refractivity (Wildman–Crippen MR) is 251 cm³/mol. The highest BCUT2D eigenvalue weighted by Crippen LogP contribution is 2.31. The number of aliphatic hydroxyl groups excluding tert-OH is 1. The highest BCUT2D eigenvalue weighted by Gasteiger charge is 2.46. The Bertz CT molecular complexity index is 2090. The molecule has 19 nitrogen and oxygen atoms in total. The molecule has 8 amide bonds. The Hall–Kier alpha value is -5.47. The first kappa shape index (κ1) is 52.5. The SMILES string of the molecule is CC(=O)N1CC[C@H]2CC[C@@H](C(=O)N[C@@H](CCC(N)=O)C(=O)NCCCCCCCC(=O)N[C@H](C(=O)N3C[C@H](O)C[C@H]3C(=O)NCc3ccc(-c4scnc4C)cc3)C(C)(C)C)N2C(=O)[C@@H](N)C1. The van der Waals surface area contributed by atoms with Gasteiger partial charge in [0.15, 0.2) is 0 Å². The van der Waals surface area contributed by atoms with Crippen molar-refractivity contribution in [3.8, 4) is 10.4 Å². The van der Waals surface area contributed by atoms with E-state index in [9.17, 15) is 43.5 Å². The van der Waals surface area contributed by atoms with Crippen molar-refractivity contribution >= 4 is 58.6 Å². The number of aryl methyl sites for hydroxylation is 1. The van der Waals surface area contributed by atoms with Gasteiger partial charge in [0.05, 0.1) is 22.2 Å². The molecule has 1 aromatic carbocycles. The topological polar surface area (TPSA) is 280 Å². The number of aliphatic hydroxyl groups is 1. The maximum absolute atomic E-state index is 14.0. The van der Waals surface area contributed by atoms with Crippen molar-refractivity contribution in [2.45, 2.75) is 161 Å². The quantitative estimate of drug-likeness (QED) is 0.0932. The number of benzene rings is 1. The van der Waals surface area contributed by atoms with Crippen molar-refractivity contribution in [1.82, 2.24) is 41.0 Å². The van der Waals surface area contributed by atoms with Gasteiger partial charge < -0.3 is 52.5 Å². The molecule has 0 bridgehead atoms. The fraction of sp³-hybridized carbons (Fsp3) is 0.638. The van der Waals surface area contributed by atoms with Crippen LogP contribution in [0.15, 0.2) is 29.8 Å². The number of thiazole rings is 1. The molecule has 0 spiro atoms. The minimum Gasteiger partial charge on any atom is -0.391 e. The minimum absolute atomic E-state index is 0.0193. The number of primary amides is 1. The second kappa shape index (κ2) is 24.0. The van der Waals surface area contributed by atoms with Gasteiger partial charge in [-0.3, -0.25) is 38.4 Å². The van der Waals surface area contributed by atoms with Crippen molar-refractivity contribution in [2.24, 2.45) is 16.9 Å². The summed E-state index contributed by atoms with van der Waals surface area (Å²) in [6.45, 7) is 9.89. The number of likely N-dealkylation sites (tertiary alicyclic amines) is 1. The van der Waals surface area contributed by atoms with Gasteiger partial charge in [-0.25, -0.2) is 4.98 Å². The highest BCUT2D eigenvalue weighted by atomic mass is 32.1. The first-order valence-corrected chi connectivity index (χ1v) is 24.4. The van der Waals surface area contributed by atoms with Crippen LogP contribution in [0.4, 0.5) is 0 Å². The molecule has 3 aliphatic heterocycles. The zero-order chi connectivity index (χ0) is 49.0. The van der Waals surface area contributed by atoms with E-state index < -0.39 is 71.3 Å². The van der Waals surface area contributed by atoms with E-state index in [1.54, 1.807) is 21.7 Å². The van der Waals surface area contributed by atoms with E-state index in [1.807, 2.05) is 52.0 Å². The maximum Gasteiger partial charge on any atom is 0.246 e. The summed E-state index contributed by atoms with van der Waals surface area (Å²) in [6.07, 6.45) is 4.05. The van der Waals surface area contributed by atoms with Crippen molar-refractivity contribution in [3.05, 3.63) is 41.0 Å². The molecular formula is C47H70N10O9S. The third kappa shape index (κ3) is 14.5. The van der Waals surface area contributed by atoms with Gasteiger partial charge in [0.25, 0.3) is 0 Å². The summed E-state index contributed by atoms with van der Waals surface area (Å²) in [5.74, 6) is -3.32. The summed E-state index contributed by atoms with van der Waals surface area (Å²) in [4.78, 5) is 114. The summed E-state index contributed by atoms with van der Waals surface area (Å²) >= 11 is 1.56. The molecule has 67 heavy (non-hydrogen) atoms. The molecule has 0 radical (unpaired) electrons. The zero-order valence-corrected chi connectivity index (χ0v) is 40.3. The molecule has 0 aliphatic carbocycles. The predicted octanol–water partition coefficient (Wildman–Crippen LogP) is 1.37. The van der Waals surface area contributed by atoms with Crippen LogP contribution in [0.2, 0.25) is 0 Å². The molecule has 20 heteroatoms. The third-order valence-electron chi connectivity index (χ3n) is 12.9. The molecule has 0 unspecified atom stereocenters. The van der Waals surface area contributed by atoms with Crippen LogP contribution in [0.1, 0.15) is 116 Å². The number of nitrogens with two attached hydrogens (primary N) is 2. The van der Waals surface area contributed by atoms with E-state index >= 15 is 0 Å². The number of carbonyl (C=O) groups is 8. The lowest BCUT2D eigenvalue weighted by Gasteiger charge is -2.37. The fourth-order valence-electron chi connectivity index (χ4n) is 9.06. The van der Waals surface area contributed by atoms with Gasteiger partial charge in [0, 0.05) is 65.0 Å². The third-order valence-corrected chi connectivity index (χ3v) is 13.9. The van der Waals surface area contributed by atoms with Crippen LogP contribution in [0.3, 0.4) is 0 Å². The van der Waals surface area contributed by atoms with Crippen LogP contribution >= 0.6 is 11.3 Å².